The van der Waals surface area contributed by atoms with E-state index in [0.717, 1.165) is 37.7 Å². The zero-order valence-electron chi connectivity index (χ0n) is 15.1. The summed E-state index contributed by atoms with van der Waals surface area (Å²) in [6.45, 7) is 1.87. The lowest BCUT2D eigenvalue weighted by atomic mass is 9.82. The van der Waals surface area contributed by atoms with Crippen molar-refractivity contribution in [3.05, 3.63) is 58.3 Å². The summed E-state index contributed by atoms with van der Waals surface area (Å²) in [5.74, 6) is -0.106. The molecular formula is C21H25N3OS. The van der Waals surface area contributed by atoms with Gasteiger partial charge in [0.05, 0.1) is 18.2 Å². The summed E-state index contributed by atoms with van der Waals surface area (Å²) in [6.07, 6.45) is 4.63. The standard InChI is InChI=1S/C21H25N3OS/c1-16(20(25)24-21(15-22)12-6-3-7-13-21)23-19(18-11-8-14-26-18)17-9-4-2-5-10-17/h2,4-5,8-11,14,16,19,23H,3,6-7,12-13H2,1H3,(H,24,25)/t16-,19-/m0/s1. The minimum absolute atomic E-state index is 0.0404. The molecule has 1 amide bonds. The van der Waals surface area contributed by atoms with E-state index in [2.05, 4.69) is 34.9 Å². The van der Waals surface area contributed by atoms with Crippen molar-refractivity contribution in [2.24, 2.45) is 0 Å². The van der Waals surface area contributed by atoms with Gasteiger partial charge < -0.3 is 5.32 Å². The molecule has 1 aromatic heterocycles. The van der Waals surface area contributed by atoms with Gasteiger partial charge in [-0.2, -0.15) is 5.26 Å². The van der Waals surface area contributed by atoms with Crippen LogP contribution < -0.4 is 10.6 Å². The number of carbonyl (C=O) groups excluding carboxylic acids is 1. The zero-order chi connectivity index (χ0) is 18.4. The smallest absolute Gasteiger partial charge is 0.238 e. The van der Waals surface area contributed by atoms with E-state index in [1.807, 2.05) is 36.6 Å². The minimum Gasteiger partial charge on any atom is -0.336 e. The molecule has 0 spiro atoms. The van der Waals surface area contributed by atoms with Gasteiger partial charge in [-0.3, -0.25) is 10.1 Å². The van der Waals surface area contributed by atoms with Gasteiger partial charge in [-0.15, -0.1) is 11.3 Å². The summed E-state index contributed by atoms with van der Waals surface area (Å²) in [4.78, 5) is 14.0. The molecular weight excluding hydrogens is 342 g/mol. The zero-order valence-corrected chi connectivity index (χ0v) is 15.9. The van der Waals surface area contributed by atoms with E-state index in [-0.39, 0.29) is 11.9 Å². The van der Waals surface area contributed by atoms with Gasteiger partial charge in [0.1, 0.15) is 5.54 Å². The first kappa shape index (κ1) is 18.6. The van der Waals surface area contributed by atoms with Crippen molar-refractivity contribution in [1.82, 2.24) is 10.6 Å². The molecule has 3 rings (SSSR count). The van der Waals surface area contributed by atoms with E-state index in [9.17, 15) is 10.1 Å². The molecule has 0 aliphatic heterocycles. The summed E-state index contributed by atoms with van der Waals surface area (Å²) in [5, 5.41) is 18.1. The molecule has 136 valence electrons. The number of nitriles is 1. The molecule has 26 heavy (non-hydrogen) atoms. The fraction of sp³-hybridized carbons (Fsp3) is 0.429. The van der Waals surface area contributed by atoms with E-state index in [1.165, 1.54) is 4.88 Å². The van der Waals surface area contributed by atoms with E-state index in [4.69, 9.17) is 0 Å². The van der Waals surface area contributed by atoms with Crippen LogP contribution in [0.3, 0.4) is 0 Å². The minimum atomic E-state index is -0.698. The number of carbonyl (C=O) groups is 1. The third-order valence-corrected chi connectivity index (χ3v) is 5.99. The molecule has 4 nitrogen and oxygen atoms in total. The molecule has 0 radical (unpaired) electrons. The summed E-state index contributed by atoms with van der Waals surface area (Å²) in [5.41, 5.74) is 0.429. The van der Waals surface area contributed by atoms with Crippen LogP contribution in [0, 0.1) is 11.3 Å². The number of hydrogen-bond acceptors (Lipinski definition) is 4. The Morgan fingerprint density at radius 3 is 2.50 bits per heavy atom. The van der Waals surface area contributed by atoms with Gasteiger partial charge in [-0.05, 0) is 36.8 Å². The summed E-state index contributed by atoms with van der Waals surface area (Å²) in [6, 6.07) is 16.2. The SMILES string of the molecule is C[C@H](N[C@@H](c1ccccc1)c1cccs1)C(=O)NC1(C#N)CCCCC1. The first-order valence-corrected chi connectivity index (χ1v) is 10.1. The molecule has 1 aliphatic rings. The van der Waals surface area contributed by atoms with Crippen molar-refractivity contribution in [2.75, 3.05) is 0 Å². The van der Waals surface area contributed by atoms with E-state index in [1.54, 1.807) is 11.3 Å². The predicted octanol–water partition coefficient (Wildman–Crippen LogP) is 4.16. The highest BCUT2D eigenvalue weighted by atomic mass is 32.1. The second-order valence-electron chi connectivity index (χ2n) is 6.99. The number of thiophene rings is 1. The van der Waals surface area contributed by atoms with Crippen LogP contribution in [0.25, 0.3) is 0 Å². The molecule has 2 aromatic rings. The van der Waals surface area contributed by atoms with Crippen LogP contribution in [-0.4, -0.2) is 17.5 Å². The van der Waals surface area contributed by atoms with E-state index in [0.29, 0.717) is 0 Å². The van der Waals surface area contributed by atoms with Gasteiger partial charge in [0.15, 0.2) is 0 Å². The van der Waals surface area contributed by atoms with Crippen LogP contribution in [0.2, 0.25) is 0 Å². The number of amides is 1. The Balaban J connectivity index is 1.72. The van der Waals surface area contributed by atoms with Gasteiger partial charge in [-0.1, -0.05) is 55.7 Å². The van der Waals surface area contributed by atoms with Gasteiger partial charge in [0.2, 0.25) is 5.91 Å². The van der Waals surface area contributed by atoms with Gasteiger partial charge in [0.25, 0.3) is 0 Å². The lowest BCUT2D eigenvalue weighted by molar-refractivity contribution is -0.124. The van der Waals surface area contributed by atoms with Crippen molar-refractivity contribution in [3.8, 4) is 6.07 Å². The number of nitrogens with one attached hydrogen (secondary N) is 2. The molecule has 0 saturated heterocycles. The number of nitrogens with zero attached hydrogens (tertiary/aromatic N) is 1. The third kappa shape index (κ3) is 4.32. The van der Waals surface area contributed by atoms with Crippen LogP contribution in [0.5, 0.6) is 0 Å². The van der Waals surface area contributed by atoms with Crippen molar-refractivity contribution < 1.29 is 4.79 Å². The monoisotopic (exact) mass is 367 g/mol. The molecule has 1 heterocycles. The van der Waals surface area contributed by atoms with Gasteiger partial charge >= 0.3 is 0 Å². The molecule has 1 aromatic carbocycles. The number of rotatable bonds is 6. The molecule has 2 atom stereocenters. The van der Waals surface area contributed by atoms with Crippen molar-refractivity contribution in [1.29, 1.82) is 5.26 Å². The maximum atomic E-state index is 12.8. The largest absolute Gasteiger partial charge is 0.336 e. The second kappa shape index (κ2) is 8.48. The molecule has 1 saturated carbocycles. The van der Waals surface area contributed by atoms with Crippen LogP contribution in [0.15, 0.2) is 47.8 Å². The average Bonchev–Trinajstić information content (AvgIpc) is 3.21. The number of hydrogen-bond donors (Lipinski definition) is 2. The topological polar surface area (TPSA) is 64.9 Å². The fourth-order valence-electron chi connectivity index (χ4n) is 3.53. The lowest BCUT2D eigenvalue weighted by Gasteiger charge is -2.33. The fourth-order valence-corrected chi connectivity index (χ4v) is 4.35. The molecule has 0 unspecified atom stereocenters. The van der Waals surface area contributed by atoms with Crippen molar-refractivity contribution >= 4 is 17.2 Å². The Hall–Kier alpha value is -2.16. The van der Waals surface area contributed by atoms with E-state index >= 15 is 0 Å². The summed E-state index contributed by atoms with van der Waals surface area (Å²) in [7, 11) is 0. The molecule has 0 bridgehead atoms. The lowest BCUT2D eigenvalue weighted by Crippen LogP contribution is -2.54. The Morgan fingerprint density at radius 2 is 1.88 bits per heavy atom. The quantitative estimate of drug-likeness (QED) is 0.806. The average molecular weight is 368 g/mol. The predicted molar refractivity (Wildman–Crippen MR) is 105 cm³/mol. The third-order valence-electron chi connectivity index (χ3n) is 5.05. The Kier molecular flexibility index (Phi) is 6.08. The molecule has 5 heteroatoms. The molecule has 2 N–H and O–H groups in total. The maximum absolute atomic E-state index is 12.8. The molecule has 1 fully saturated rings. The van der Waals surface area contributed by atoms with Crippen molar-refractivity contribution in [3.63, 3.8) is 0 Å². The highest BCUT2D eigenvalue weighted by Crippen LogP contribution is 2.29. The Bertz CT molecular complexity index is 745. The highest BCUT2D eigenvalue weighted by Gasteiger charge is 2.35. The van der Waals surface area contributed by atoms with Crippen molar-refractivity contribution in [2.45, 2.75) is 56.7 Å². The first-order valence-electron chi connectivity index (χ1n) is 9.21. The van der Waals surface area contributed by atoms with Crippen LogP contribution in [-0.2, 0) is 4.79 Å². The van der Waals surface area contributed by atoms with E-state index < -0.39 is 11.6 Å². The normalized spacial score (nSPS) is 18.5. The first-order chi connectivity index (χ1) is 12.6. The van der Waals surface area contributed by atoms with Gasteiger partial charge in [-0.25, -0.2) is 0 Å². The van der Waals surface area contributed by atoms with Gasteiger partial charge in [0, 0.05) is 4.88 Å². The Labute approximate surface area is 159 Å². The highest BCUT2D eigenvalue weighted by molar-refractivity contribution is 7.10. The summed E-state index contributed by atoms with van der Waals surface area (Å²) < 4.78 is 0. The maximum Gasteiger partial charge on any atom is 0.238 e. The second-order valence-corrected chi connectivity index (χ2v) is 7.97. The Morgan fingerprint density at radius 1 is 1.15 bits per heavy atom. The van der Waals surface area contributed by atoms with Crippen LogP contribution >= 0.6 is 11.3 Å². The summed E-state index contributed by atoms with van der Waals surface area (Å²) >= 11 is 1.67. The number of benzene rings is 1. The van der Waals surface area contributed by atoms with Crippen LogP contribution in [0.4, 0.5) is 0 Å². The molecule has 1 aliphatic carbocycles. The van der Waals surface area contributed by atoms with Crippen LogP contribution in [0.1, 0.15) is 55.5 Å².